The van der Waals surface area contributed by atoms with Gasteiger partial charge in [0.05, 0.1) is 28.4 Å². The molecule has 0 spiro atoms. The summed E-state index contributed by atoms with van der Waals surface area (Å²) in [6.45, 7) is 0. The number of hydrogen-bond acceptors (Lipinski definition) is 7. The van der Waals surface area contributed by atoms with Gasteiger partial charge in [0.15, 0.2) is 16.6 Å². The minimum absolute atomic E-state index is 0.0875. The number of carbonyl (C=O) groups is 2. The van der Waals surface area contributed by atoms with E-state index in [9.17, 15) is 9.59 Å². The highest BCUT2D eigenvalue weighted by atomic mass is 32.1. The SMILES string of the molecule is COc1ccccc1/C=C/C(=O)NC(=S)NNC(=O)c1cc(OC)c(OC)c(OC)c1. The van der Waals surface area contributed by atoms with Crippen LogP contribution in [0.3, 0.4) is 0 Å². The second-order valence-electron chi connectivity index (χ2n) is 5.89. The Kier molecular flexibility index (Phi) is 8.64. The zero-order valence-corrected chi connectivity index (χ0v) is 18.3. The van der Waals surface area contributed by atoms with Crippen molar-refractivity contribution >= 4 is 35.2 Å². The minimum Gasteiger partial charge on any atom is -0.496 e. The van der Waals surface area contributed by atoms with Crippen molar-refractivity contribution in [3.63, 3.8) is 0 Å². The van der Waals surface area contributed by atoms with Gasteiger partial charge >= 0.3 is 0 Å². The Balaban J connectivity index is 1.95. The lowest BCUT2D eigenvalue weighted by Gasteiger charge is -2.14. The number of para-hydroxylation sites is 1. The summed E-state index contributed by atoms with van der Waals surface area (Å²) in [5.41, 5.74) is 5.82. The van der Waals surface area contributed by atoms with Crippen LogP contribution in [0.25, 0.3) is 6.08 Å². The largest absolute Gasteiger partial charge is 0.496 e. The van der Waals surface area contributed by atoms with E-state index < -0.39 is 11.8 Å². The van der Waals surface area contributed by atoms with Gasteiger partial charge in [-0.2, -0.15) is 0 Å². The van der Waals surface area contributed by atoms with Crippen LogP contribution in [0.1, 0.15) is 15.9 Å². The van der Waals surface area contributed by atoms with E-state index in [0.717, 1.165) is 5.56 Å². The van der Waals surface area contributed by atoms with Crippen molar-refractivity contribution in [1.29, 1.82) is 0 Å². The van der Waals surface area contributed by atoms with E-state index in [-0.39, 0.29) is 10.7 Å². The summed E-state index contributed by atoms with van der Waals surface area (Å²) in [6, 6.07) is 10.2. The highest BCUT2D eigenvalue weighted by Gasteiger charge is 2.17. The normalized spacial score (nSPS) is 10.2. The summed E-state index contributed by atoms with van der Waals surface area (Å²) >= 11 is 5.03. The third-order valence-corrected chi connectivity index (χ3v) is 4.21. The lowest BCUT2D eigenvalue weighted by atomic mass is 10.1. The van der Waals surface area contributed by atoms with Crippen LogP contribution in [-0.4, -0.2) is 45.4 Å². The van der Waals surface area contributed by atoms with Crippen LogP contribution in [0.5, 0.6) is 23.0 Å². The molecule has 0 saturated heterocycles. The van der Waals surface area contributed by atoms with E-state index in [0.29, 0.717) is 23.0 Å². The van der Waals surface area contributed by atoms with E-state index in [1.807, 2.05) is 12.1 Å². The number of thiocarbonyl (C=S) groups is 1. The molecule has 2 aromatic carbocycles. The average molecular weight is 445 g/mol. The first-order valence-electron chi connectivity index (χ1n) is 8.95. The Morgan fingerprint density at radius 1 is 0.871 bits per heavy atom. The Morgan fingerprint density at radius 2 is 1.48 bits per heavy atom. The standard InChI is InChI=1S/C21H23N3O6S/c1-27-15-8-6-5-7-13(15)9-10-18(25)22-21(31)24-23-20(26)14-11-16(28-2)19(30-4)17(12-14)29-3/h5-12H,1-4H3,(H,23,26)(H2,22,24,25,31)/b10-9+. The van der Waals surface area contributed by atoms with Crippen LogP contribution < -0.4 is 35.1 Å². The average Bonchev–Trinajstić information content (AvgIpc) is 2.80. The molecule has 0 aliphatic heterocycles. The van der Waals surface area contributed by atoms with Crippen LogP contribution in [0, 0.1) is 0 Å². The number of methoxy groups -OCH3 is 4. The molecule has 0 radical (unpaired) electrons. The molecular formula is C21H23N3O6S. The van der Waals surface area contributed by atoms with Gasteiger partial charge in [0, 0.05) is 17.2 Å². The number of rotatable bonds is 7. The van der Waals surface area contributed by atoms with Crippen molar-refractivity contribution in [2.24, 2.45) is 0 Å². The summed E-state index contributed by atoms with van der Waals surface area (Å²) in [6.07, 6.45) is 2.89. The zero-order chi connectivity index (χ0) is 22.8. The topological polar surface area (TPSA) is 107 Å². The van der Waals surface area contributed by atoms with E-state index in [2.05, 4.69) is 16.2 Å². The van der Waals surface area contributed by atoms with Crippen molar-refractivity contribution in [3.8, 4) is 23.0 Å². The van der Waals surface area contributed by atoms with Gasteiger partial charge in [-0.15, -0.1) is 0 Å². The second kappa shape index (κ2) is 11.4. The number of amides is 2. The molecule has 0 saturated carbocycles. The van der Waals surface area contributed by atoms with Gasteiger partial charge in [0.2, 0.25) is 11.7 Å². The van der Waals surface area contributed by atoms with Crippen molar-refractivity contribution in [2.75, 3.05) is 28.4 Å². The summed E-state index contributed by atoms with van der Waals surface area (Å²) in [4.78, 5) is 24.5. The first-order chi connectivity index (χ1) is 14.9. The van der Waals surface area contributed by atoms with Gasteiger partial charge < -0.3 is 18.9 Å². The maximum absolute atomic E-state index is 12.4. The van der Waals surface area contributed by atoms with E-state index in [1.165, 1.54) is 39.5 Å². The van der Waals surface area contributed by atoms with Gasteiger partial charge in [0.25, 0.3) is 5.91 Å². The van der Waals surface area contributed by atoms with E-state index in [4.69, 9.17) is 31.2 Å². The Labute approximate surface area is 185 Å². The minimum atomic E-state index is -0.527. The summed E-state index contributed by atoms with van der Waals surface area (Å²) in [7, 11) is 5.90. The predicted molar refractivity (Wildman–Crippen MR) is 119 cm³/mol. The third-order valence-electron chi connectivity index (χ3n) is 4.01. The smallest absolute Gasteiger partial charge is 0.269 e. The van der Waals surface area contributed by atoms with Gasteiger partial charge in [0.1, 0.15) is 5.75 Å². The maximum atomic E-state index is 12.4. The number of carbonyl (C=O) groups excluding carboxylic acids is 2. The van der Waals surface area contributed by atoms with Gasteiger partial charge in [-0.05, 0) is 36.5 Å². The van der Waals surface area contributed by atoms with E-state index in [1.54, 1.807) is 25.3 Å². The summed E-state index contributed by atoms with van der Waals surface area (Å²) < 4.78 is 20.9. The number of benzene rings is 2. The van der Waals surface area contributed by atoms with Gasteiger partial charge in [-0.3, -0.25) is 25.8 Å². The van der Waals surface area contributed by atoms with Crippen LogP contribution in [0.4, 0.5) is 0 Å². The molecule has 9 nitrogen and oxygen atoms in total. The fourth-order valence-corrected chi connectivity index (χ4v) is 2.70. The fourth-order valence-electron chi connectivity index (χ4n) is 2.55. The fraction of sp³-hybridized carbons (Fsp3) is 0.190. The molecule has 10 heteroatoms. The van der Waals surface area contributed by atoms with Crippen LogP contribution in [0.15, 0.2) is 42.5 Å². The highest BCUT2D eigenvalue weighted by molar-refractivity contribution is 7.80. The Hall–Kier alpha value is -3.79. The predicted octanol–water partition coefficient (Wildman–Crippen LogP) is 2.07. The molecule has 0 atom stereocenters. The zero-order valence-electron chi connectivity index (χ0n) is 17.5. The molecule has 0 unspecified atom stereocenters. The number of ether oxygens (including phenoxy) is 4. The molecular weight excluding hydrogens is 422 g/mol. The second-order valence-corrected chi connectivity index (χ2v) is 6.30. The van der Waals surface area contributed by atoms with Gasteiger partial charge in [-0.25, -0.2) is 0 Å². The number of nitrogens with one attached hydrogen (secondary N) is 3. The molecule has 0 aliphatic carbocycles. The van der Waals surface area contributed by atoms with Crippen molar-refractivity contribution < 1.29 is 28.5 Å². The molecule has 3 N–H and O–H groups in total. The molecule has 2 amide bonds. The van der Waals surface area contributed by atoms with Crippen LogP contribution >= 0.6 is 12.2 Å². The first kappa shape index (κ1) is 23.5. The molecule has 0 aromatic heterocycles. The molecule has 2 aromatic rings. The van der Waals surface area contributed by atoms with E-state index >= 15 is 0 Å². The van der Waals surface area contributed by atoms with Crippen LogP contribution in [-0.2, 0) is 4.79 Å². The summed E-state index contributed by atoms with van der Waals surface area (Å²) in [5, 5.41) is 2.34. The molecule has 0 aliphatic rings. The van der Waals surface area contributed by atoms with Crippen molar-refractivity contribution in [3.05, 3.63) is 53.6 Å². The molecule has 2 rings (SSSR count). The Bertz CT molecular complexity index is 968. The van der Waals surface area contributed by atoms with Crippen LogP contribution in [0.2, 0.25) is 0 Å². The molecule has 0 bridgehead atoms. The molecule has 31 heavy (non-hydrogen) atoms. The monoisotopic (exact) mass is 445 g/mol. The lowest BCUT2D eigenvalue weighted by Crippen LogP contribution is -2.48. The molecule has 0 heterocycles. The lowest BCUT2D eigenvalue weighted by molar-refractivity contribution is -0.115. The molecule has 0 fully saturated rings. The first-order valence-corrected chi connectivity index (χ1v) is 9.36. The van der Waals surface area contributed by atoms with Crippen molar-refractivity contribution in [1.82, 2.24) is 16.2 Å². The van der Waals surface area contributed by atoms with Gasteiger partial charge in [-0.1, -0.05) is 18.2 Å². The summed E-state index contributed by atoms with van der Waals surface area (Å²) in [5.74, 6) is 0.628. The number of hydrazine groups is 1. The molecule has 164 valence electrons. The third kappa shape index (κ3) is 6.34. The van der Waals surface area contributed by atoms with Crippen molar-refractivity contribution in [2.45, 2.75) is 0 Å². The quantitative estimate of drug-likeness (QED) is 0.338. The Morgan fingerprint density at radius 3 is 2.06 bits per heavy atom. The highest BCUT2D eigenvalue weighted by Crippen LogP contribution is 2.38. The number of hydrogen-bond donors (Lipinski definition) is 3. The maximum Gasteiger partial charge on any atom is 0.269 e.